The summed E-state index contributed by atoms with van der Waals surface area (Å²) in [6.07, 6.45) is 8.47. The zero-order valence-corrected chi connectivity index (χ0v) is 12.6. The summed E-state index contributed by atoms with van der Waals surface area (Å²) in [5, 5.41) is 5.62. The van der Waals surface area contributed by atoms with Crippen LogP contribution in [0.3, 0.4) is 0 Å². The fourth-order valence-electron chi connectivity index (χ4n) is 3.39. The molecule has 3 rings (SSSR count). The standard InChI is InChI=1S/C15H26N2S/c1-3-11(4-2)13-9-16-14(18-13)17-10-15(7-8-15)12-5-6-12/h11-13H,3-10H2,1-2H3,(H,16,17). The van der Waals surface area contributed by atoms with E-state index in [4.69, 9.17) is 4.99 Å². The van der Waals surface area contributed by atoms with Crippen molar-refractivity contribution in [2.45, 2.75) is 57.6 Å². The number of thioether (sulfide) groups is 1. The summed E-state index contributed by atoms with van der Waals surface area (Å²) in [6.45, 7) is 6.85. The Kier molecular flexibility index (Phi) is 3.61. The molecule has 0 aromatic heterocycles. The normalized spacial score (nSPS) is 29.5. The molecule has 2 fully saturated rings. The van der Waals surface area contributed by atoms with Crippen molar-refractivity contribution < 1.29 is 0 Å². The zero-order chi connectivity index (χ0) is 12.6. The van der Waals surface area contributed by atoms with E-state index in [2.05, 4.69) is 19.2 Å². The molecule has 2 nitrogen and oxygen atoms in total. The topological polar surface area (TPSA) is 24.4 Å². The van der Waals surface area contributed by atoms with Crippen LogP contribution in [0, 0.1) is 17.3 Å². The Labute approximate surface area is 115 Å². The maximum atomic E-state index is 4.71. The molecule has 0 saturated heterocycles. The van der Waals surface area contributed by atoms with Gasteiger partial charge in [-0.2, -0.15) is 0 Å². The van der Waals surface area contributed by atoms with Gasteiger partial charge in [-0.15, -0.1) is 0 Å². The van der Waals surface area contributed by atoms with Gasteiger partial charge in [-0.1, -0.05) is 38.5 Å². The minimum absolute atomic E-state index is 0.691. The van der Waals surface area contributed by atoms with Crippen molar-refractivity contribution in [3.8, 4) is 0 Å². The van der Waals surface area contributed by atoms with Crippen LogP contribution in [0.25, 0.3) is 0 Å². The molecule has 1 unspecified atom stereocenters. The van der Waals surface area contributed by atoms with Gasteiger partial charge >= 0.3 is 0 Å². The molecule has 3 heteroatoms. The van der Waals surface area contributed by atoms with E-state index in [1.54, 1.807) is 0 Å². The Morgan fingerprint density at radius 2 is 2.06 bits per heavy atom. The molecule has 1 atom stereocenters. The third-order valence-electron chi connectivity index (χ3n) is 5.18. The van der Waals surface area contributed by atoms with Crippen molar-refractivity contribution in [2.75, 3.05) is 13.1 Å². The first kappa shape index (κ1) is 12.8. The highest BCUT2D eigenvalue weighted by Gasteiger charge is 2.53. The van der Waals surface area contributed by atoms with E-state index >= 15 is 0 Å². The van der Waals surface area contributed by atoms with Crippen LogP contribution in [0.1, 0.15) is 52.4 Å². The number of rotatable bonds is 6. The Balaban J connectivity index is 1.44. The van der Waals surface area contributed by atoms with Crippen LogP contribution in [0.2, 0.25) is 0 Å². The van der Waals surface area contributed by atoms with Crippen molar-refractivity contribution in [3.63, 3.8) is 0 Å². The minimum Gasteiger partial charge on any atom is -0.364 e. The van der Waals surface area contributed by atoms with E-state index < -0.39 is 0 Å². The lowest BCUT2D eigenvalue weighted by Crippen LogP contribution is -2.29. The number of nitrogens with one attached hydrogen (secondary N) is 1. The van der Waals surface area contributed by atoms with E-state index in [1.807, 2.05) is 11.8 Å². The lowest BCUT2D eigenvalue weighted by Gasteiger charge is -2.19. The van der Waals surface area contributed by atoms with E-state index in [0.717, 1.165) is 23.6 Å². The van der Waals surface area contributed by atoms with Crippen LogP contribution in [0.4, 0.5) is 0 Å². The number of amidine groups is 1. The van der Waals surface area contributed by atoms with Crippen LogP contribution in [0.5, 0.6) is 0 Å². The second-order valence-corrected chi connectivity index (χ2v) is 7.60. The Bertz CT molecular complexity index is 327. The van der Waals surface area contributed by atoms with E-state index in [0.29, 0.717) is 5.41 Å². The van der Waals surface area contributed by atoms with Gasteiger partial charge in [-0.3, -0.25) is 4.99 Å². The smallest absolute Gasteiger partial charge is 0.156 e. The molecule has 0 aromatic carbocycles. The first-order valence-electron chi connectivity index (χ1n) is 7.72. The third-order valence-corrected chi connectivity index (χ3v) is 6.51. The van der Waals surface area contributed by atoms with Gasteiger partial charge in [-0.05, 0) is 42.9 Å². The molecule has 2 saturated carbocycles. The number of aliphatic imine (C=N–C) groups is 1. The monoisotopic (exact) mass is 266 g/mol. The summed E-state index contributed by atoms with van der Waals surface area (Å²) >= 11 is 2.01. The van der Waals surface area contributed by atoms with Gasteiger partial charge in [0.15, 0.2) is 5.17 Å². The minimum atomic E-state index is 0.691. The molecule has 0 amide bonds. The predicted molar refractivity (Wildman–Crippen MR) is 80.1 cm³/mol. The predicted octanol–water partition coefficient (Wildman–Crippen LogP) is 3.67. The second-order valence-electron chi connectivity index (χ2n) is 6.37. The molecule has 1 N–H and O–H groups in total. The zero-order valence-electron chi connectivity index (χ0n) is 11.7. The Morgan fingerprint density at radius 1 is 1.33 bits per heavy atom. The molecule has 1 aliphatic heterocycles. The first-order valence-corrected chi connectivity index (χ1v) is 8.60. The van der Waals surface area contributed by atoms with Gasteiger partial charge in [0.05, 0.1) is 6.54 Å². The number of hydrogen-bond acceptors (Lipinski definition) is 3. The second kappa shape index (κ2) is 5.07. The quantitative estimate of drug-likeness (QED) is 0.793. The maximum absolute atomic E-state index is 4.71. The highest BCUT2D eigenvalue weighted by Crippen LogP contribution is 2.60. The molecule has 2 aliphatic carbocycles. The van der Waals surface area contributed by atoms with Crippen molar-refractivity contribution in [1.82, 2.24) is 5.32 Å². The maximum Gasteiger partial charge on any atom is 0.156 e. The van der Waals surface area contributed by atoms with Crippen LogP contribution >= 0.6 is 11.8 Å². The van der Waals surface area contributed by atoms with E-state index in [1.165, 1.54) is 50.2 Å². The molecule has 0 spiro atoms. The Morgan fingerprint density at radius 3 is 2.61 bits per heavy atom. The molecular formula is C15H26N2S. The van der Waals surface area contributed by atoms with Gasteiger partial charge in [0, 0.05) is 11.8 Å². The summed E-state index contributed by atoms with van der Waals surface area (Å²) in [6, 6.07) is 0. The third kappa shape index (κ3) is 2.56. The summed E-state index contributed by atoms with van der Waals surface area (Å²) in [5.74, 6) is 1.89. The molecule has 102 valence electrons. The van der Waals surface area contributed by atoms with Gasteiger partial charge in [0.25, 0.3) is 0 Å². The van der Waals surface area contributed by atoms with Gasteiger partial charge in [-0.25, -0.2) is 0 Å². The van der Waals surface area contributed by atoms with Crippen LogP contribution in [0.15, 0.2) is 4.99 Å². The van der Waals surface area contributed by atoms with Crippen LogP contribution in [-0.2, 0) is 0 Å². The lowest BCUT2D eigenvalue weighted by atomic mass is 9.99. The molecule has 0 bridgehead atoms. The van der Waals surface area contributed by atoms with Crippen molar-refractivity contribution >= 4 is 16.9 Å². The highest BCUT2D eigenvalue weighted by molar-refractivity contribution is 8.14. The molecule has 0 radical (unpaired) electrons. The molecule has 1 heterocycles. The van der Waals surface area contributed by atoms with Gasteiger partial charge < -0.3 is 5.32 Å². The van der Waals surface area contributed by atoms with Crippen molar-refractivity contribution in [1.29, 1.82) is 0 Å². The van der Waals surface area contributed by atoms with Gasteiger partial charge in [0.2, 0.25) is 0 Å². The van der Waals surface area contributed by atoms with Crippen LogP contribution < -0.4 is 5.32 Å². The molecular weight excluding hydrogens is 240 g/mol. The van der Waals surface area contributed by atoms with Crippen LogP contribution in [-0.4, -0.2) is 23.5 Å². The SMILES string of the molecule is CCC(CC)C1CN=C(NCC2(C3CC3)CC2)S1. The van der Waals surface area contributed by atoms with E-state index in [9.17, 15) is 0 Å². The molecule has 0 aromatic rings. The lowest BCUT2D eigenvalue weighted by molar-refractivity contribution is 0.435. The average molecular weight is 266 g/mol. The average Bonchev–Trinajstić information content (AvgIpc) is 3.28. The summed E-state index contributed by atoms with van der Waals surface area (Å²) < 4.78 is 0. The van der Waals surface area contributed by atoms with Gasteiger partial charge in [0.1, 0.15) is 0 Å². The Hall–Kier alpha value is -0.180. The molecule has 18 heavy (non-hydrogen) atoms. The largest absolute Gasteiger partial charge is 0.364 e. The fourth-order valence-corrected chi connectivity index (χ4v) is 4.70. The number of nitrogens with zero attached hydrogens (tertiary/aromatic N) is 1. The summed E-state index contributed by atoms with van der Waals surface area (Å²) in [7, 11) is 0. The first-order chi connectivity index (χ1) is 8.77. The van der Waals surface area contributed by atoms with Crippen molar-refractivity contribution in [3.05, 3.63) is 0 Å². The van der Waals surface area contributed by atoms with Crippen molar-refractivity contribution in [2.24, 2.45) is 22.2 Å². The fraction of sp³-hybridized carbons (Fsp3) is 0.933. The molecule has 3 aliphatic rings. The number of hydrogen-bond donors (Lipinski definition) is 1. The highest BCUT2D eigenvalue weighted by atomic mass is 32.2. The summed E-state index contributed by atoms with van der Waals surface area (Å²) in [4.78, 5) is 4.71. The summed E-state index contributed by atoms with van der Waals surface area (Å²) in [5.41, 5.74) is 0.691. The van der Waals surface area contributed by atoms with E-state index in [-0.39, 0.29) is 0 Å².